The van der Waals surface area contributed by atoms with E-state index >= 15 is 0 Å². The van der Waals surface area contributed by atoms with Gasteiger partial charge in [0.05, 0.1) is 35.4 Å². The number of hydrogen-bond donors (Lipinski definition) is 3. The van der Waals surface area contributed by atoms with E-state index in [1.807, 2.05) is 36.4 Å². The minimum Gasteiger partial charge on any atom is -0.486 e. The Bertz CT molecular complexity index is 1630. The van der Waals surface area contributed by atoms with E-state index < -0.39 is 5.82 Å². The SMILES string of the molecule is O=C1CCC(c2cccc(CNc3cc4c(Nc5ccc(F)c(Cl)c5)ncnc4cc3O[C@H]3CCOC3)c2)C(=O)N1. The first-order chi connectivity index (χ1) is 19.9. The van der Waals surface area contributed by atoms with Gasteiger partial charge in [-0.15, -0.1) is 0 Å². The quantitative estimate of drug-likeness (QED) is 0.237. The molecule has 2 aliphatic heterocycles. The van der Waals surface area contributed by atoms with Crippen molar-refractivity contribution in [1.82, 2.24) is 15.3 Å². The van der Waals surface area contributed by atoms with Crippen LogP contribution in [0.1, 0.15) is 36.3 Å². The zero-order valence-electron chi connectivity index (χ0n) is 22.0. The number of piperidine rings is 1. The number of halogens is 2. The molecule has 0 saturated carbocycles. The third-order valence-electron chi connectivity index (χ3n) is 7.18. The third kappa shape index (κ3) is 6.08. The molecule has 3 heterocycles. The van der Waals surface area contributed by atoms with Crippen LogP contribution in [-0.4, -0.2) is 41.1 Å². The Labute approximate surface area is 240 Å². The Morgan fingerprint density at radius 1 is 1.10 bits per heavy atom. The number of fused-ring (bicyclic) bond motifs is 1. The molecule has 0 spiro atoms. The highest BCUT2D eigenvalue weighted by Gasteiger charge is 2.28. The van der Waals surface area contributed by atoms with Crippen LogP contribution in [0.2, 0.25) is 5.02 Å². The molecule has 6 rings (SSSR count). The smallest absolute Gasteiger partial charge is 0.234 e. The van der Waals surface area contributed by atoms with E-state index in [1.165, 1.54) is 18.5 Å². The number of ether oxygens (including phenoxy) is 2. The molecule has 4 aromatic rings. The highest BCUT2D eigenvalue weighted by molar-refractivity contribution is 6.31. The summed E-state index contributed by atoms with van der Waals surface area (Å²) in [5.41, 5.74) is 3.80. The summed E-state index contributed by atoms with van der Waals surface area (Å²) in [4.78, 5) is 32.9. The van der Waals surface area contributed by atoms with Crippen molar-refractivity contribution >= 4 is 51.5 Å². The van der Waals surface area contributed by atoms with Gasteiger partial charge in [-0.1, -0.05) is 35.9 Å². The first kappa shape index (κ1) is 26.9. The molecular formula is C30H27ClFN5O4. The second-order valence-corrected chi connectivity index (χ2v) is 10.5. The summed E-state index contributed by atoms with van der Waals surface area (Å²) in [6.45, 7) is 1.60. The fraction of sp³-hybridized carbons (Fsp3) is 0.267. The number of hydrogen-bond acceptors (Lipinski definition) is 8. The van der Waals surface area contributed by atoms with E-state index in [9.17, 15) is 14.0 Å². The minimum atomic E-state index is -0.504. The number of carbonyl (C=O) groups is 2. The summed E-state index contributed by atoms with van der Waals surface area (Å²) in [6.07, 6.45) is 2.97. The maximum atomic E-state index is 13.7. The van der Waals surface area contributed by atoms with Gasteiger partial charge in [0.1, 0.15) is 29.8 Å². The summed E-state index contributed by atoms with van der Waals surface area (Å²) >= 11 is 5.98. The molecule has 9 nitrogen and oxygen atoms in total. The van der Waals surface area contributed by atoms with E-state index in [-0.39, 0.29) is 28.9 Å². The van der Waals surface area contributed by atoms with Gasteiger partial charge in [-0.25, -0.2) is 14.4 Å². The first-order valence-electron chi connectivity index (χ1n) is 13.3. The molecule has 2 saturated heterocycles. The summed E-state index contributed by atoms with van der Waals surface area (Å²) in [5.74, 6) is -0.213. The number of nitrogens with one attached hydrogen (secondary N) is 3. The monoisotopic (exact) mass is 575 g/mol. The van der Waals surface area contributed by atoms with Crippen LogP contribution >= 0.6 is 11.6 Å². The molecule has 0 aliphatic carbocycles. The molecule has 2 fully saturated rings. The molecule has 2 atom stereocenters. The number of anilines is 3. The van der Waals surface area contributed by atoms with Gasteiger partial charge in [0.25, 0.3) is 0 Å². The fourth-order valence-electron chi connectivity index (χ4n) is 5.04. The number of rotatable bonds is 8. The van der Waals surface area contributed by atoms with Gasteiger partial charge in [0, 0.05) is 36.5 Å². The minimum absolute atomic E-state index is 0.00437. The summed E-state index contributed by atoms with van der Waals surface area (Å²) in [6, 6.07) is 15.9. The summed E-state index contributed by atoms with van der Waals surface area (Å²) in [5, 5.41) is 9.84. The van der Waals surface area contributed by atoms with Crippen LogP contribution in [-0.2, 0) is 20.9 Å². The molecular weight excluding hydrogens is 549 g/mol. The van der Waals surface area contributed by atoms with Gasteiger partial charge in [0.15, 0.2) is 0 Å². The highest BCUT2D eigenvalue weighted by atomic mass is 35.5. The Hall–Kier alpha value is -4.28. The molecule has 41 heavy (non-hydrogen) atoms. The van der Waals surface area contributed by atoms with E-state index in [4.69, 9.17) is 21.1 Å². The average molecular weight is 576 g/mol. The lowest BCUT2D eigenvalue weighted by molar-refractivity contribution is -0.134. The van der Waals surface area contributed by atoms with Crippen molar-refractivity contribution in [2.45, 2.75) is 37.8 Å². The van der Waals surface area contributed by atoms with Gasteiger partial charge in [-0.05, 0) is 41.8 Å². The van der Waals surface area contributed by atoms with Crippen LogP contribution < -0.4 is 20.7 Å². The molecule has 2 aliphatic rings. The van der Waals surface area contributed by atoms with Crippen LogP contribution in [0.3, 0.4) is 0 Å². The fourth-order valence-corrected chi connectivity index (χ4v) is 5.22. The summed E-state index contributed by atoms with van der Waals surface area (Å²) in [7, 11) is 0. The molecule has 1 unspecified atom stereocenters. The van der Waals surface area contributed by atoms with Crippen molar-refractivity contribution in [2.24, 2.45) is 0 Å². The van der Waals surface area contributed by atoms with Gasteiger partial charge in [-0.3, -0.25) is 14.9 Å². The topological polar surface area (TPSA) is 114 Å². The molecule has 2 amide bonds. The number of amides is 2. The van der Waals surface area contributed by atoms with Gasteiger partial charge < -0.3 is 20.1 Å². The summed E-state index contributed by atoms with van der Waals surface area (Å²) < 4.78 is 25.5. The molecule has 1 aromatic heterocycles. The number of aromatic nitrogens is 2. The standard InChI is InChI=1S/C30H27ClFN5O4/c31-23-11-19(4-6-24(23)32)36-29-22-12-26(27(13-25(22)34-16-35-29)41-20-8-9-40-15-20)33-14-17-2-1-3-18(10-17)21-5-7-28(38)37-30(21)39/h1-4,6,10-13,16,20-21,33H,5,7-9,14-15H2,(H,34,35,36)(H,37,38,39)/t20-,21?/m0/s1. The highest BCUT2D eigenvalue weighted by Crippen LogP contribution is 2.35. The van der Waals surface area contributed by atoms with Crippen LogP contribution in [0.25, 0.3) is 10.9 Å². The average Bonchev–Trinajstić information content (AvgIpc) is 3.47. The Kier molecular flexibility index (Phi) is 7.67. The molecule has 11 heteroatoms. The van der Waals surface area contributed by atoms with Crippen molar-refractivity contribution in [1.29, 1.82) is 0 Å². The maximum absolute atomic E-state index is 13.7. The zero-order valence-corrected chi connectivity index (χ0v) is 22.7. The second-order valence-electron chi connectivity index (χ2n) is 10.0. The molecule has 210 valence electrons. The number of nitrogens with zero attached hydrogens (tertiary/aromatic N) is 2. The predicted octanol–water partition coefficient (Wildman–Crippen LogP) is 5.47. The van der Waals surface area contributed by atoms with Gasteiger partial charge in [0.2, 0.25) is 11.8 Å². The van der Waals surface area contributed by atoms with Crippen molar-refractivity contribution in [3.8, 4) is 5.75 Å². The molecule has 0 bridgehead atoms. The number of imide groups is 1. The second kappa shape index (κ2) is 11.7. The van der Waals surface area contributed by atoms with Crippen LogP contribution in [0.4, 0.5) is 21.6 Å². The normalized spacial score (nSPS) is 18.8. The lowest BCUT2D eigenvalue weighted by atomic mass is 9.89. The van der Waals surface area contributed by atoms with Gasteiger partial charge >= 0.3 is 0 Å². The zero-order chi connectivity index (χ0) is 28.3. The number of benzene rings is 3. The lowest BCUT2D eigenvalue weighted by Gasteiger charge is -2.22. The van der Waals surface area contributed by atoms with E-state index in [0.717, 1.165) is 28.6 Å². The number of carbonyl (C=O) groups excluding carboxylic acids is 2. The molecule has 0 radical (unpaired) electrons. The van der Waals surface area contributed by atoms with Crippen molar-refractivity contribution in [3.63, 3.8) is 0 Å². The Balaban J connectivity index is 1.29. The Morgan fingerprint density at radius 2 is 2.00 bits per heavy atom. The molecule has 3 aromatic carbocycles. The predicted molar refractivity (Wildman–Crippen MR) is 153 cm³/mol. The first-order valence-corrected chi connectivity index (χ1v) is 13.7. The van der Waals surface area contributed by atoms with E-state index in [0.29, 0.717) is 55.4 Å². The van der Waals surface area contributed by atoms with Crippen molar-refractivity contribution in [2.75, 3.05) is 23.8 Å². The molecule has 3 N–H and O–H groups in total. The third-order valence-corrected chi connectivity index (χ3v) is 7.47. The Morgan fingerprint density at radius 3 is 2.80 bits per heavy atom. The van der Waals surface area contributed by atoms with Crippen molar-refractivity contribution in [3.05, 3.63) is 82.9 Å². The largest absolute Gasteiger partial charge is 0.486 e. The van der Waals surface area contributed by atoms with Crippen LogP contribution in [0, 0.1) is 5.82 Å². The maximum Gasteiger partial charge on any atom is 0.234 e. The van der Waals surface area contributed by atoms with E-state index in [1.54, 1.807) is 6.07 Å². The van der Waals surface area contributed by atoms with E-state index in [2.05, 4.69) is 25.9 Å². The van der Waals surface area contributed by atoms with Crippen LogP contribution in [0.15, 0.2) is 60.9 Å². The lowest BCUT2D eigenvalue weighted by Crippen LogP contribution is -2.39. The van der Waals surface area contributed by atoms with Crippen molar-refractivity contribution < 1.29 is 23.5 Å². The van der Waals surface area contributed by atoms with Crippen LogP contribution in [0.5, 0.6) is 5.75 Å². The van der Waals surface area contributed by atoms with Gasteiger partial charge in [-0.2, -0.15) is 0 Å².